The van der Waals surface area contributed by atoms with E-state index in [9.17, 15) is 4.79 Å². The normalized spacial score (nSPS) is 22.2. The Hall–Kier alpha value is -0.810. The number of methoxy groups -OCH3 is 1. The van der Waals surface area contributed by atoms with E-state index in [1.54, 1.807) is 7.11 Å². The largest absolute Gasteiger partial charge is 0.444 e. The van der Waals surface area contributed by atoms with Crippen molar-refractivity contribution in [2.24, 2.45) is 5.92 Å². The van der Waals surface area contributed by atoms with Crippen LogP contribution in [0.2, 0.25) is 0 Å². The third-order valence-corrected chi connectivity index (χ3v) is 3.80. The van der Waals surface area contributed by atoms with Crippen molar-refractivity contribution >= 4 is 6.09 Å². The zero-order chi connectivity index (χ0) is 16.6. The number of hydrogen-bond acceptors (Lipinski definition) is 4. The van der Waals surface area contributed by atoms with Crippen LogP contribution < -0.4 is 10.6 Å². The van der Waals surface area contributed by atoms with Gasteiger partial charge in [0.15, 0.2) is 0 Å². The van der Waals surface area contributed by atoms with Crippen molar-refractivity contribution in [2.45, 2.75) is 77.5 Å². The van der Waals surface area contributed by atoms with Gasteiger partial charge in [-0.2, -0.15) is 0 Å². The molecule has 130 valence electrons. The minimum absolute atomic E-state index is 0.339. The molecule has 1 saturated carbocycles. The van der Waals surface area contributed by atoms with E-state index < -0.39 is 5.60 Å². The van der Waals surface area contributed by atoms with Crippen molar-refractivity contribution in [1.29, 1.82) is 0 Å². The molecule has 0 aromatic heterocycles. The molecule has 3 unspecified atom stereocenters. The first-order valence-electron chi connectivity index (χ1n) is 8.57. The molecule has 0 aromatic carbocycles. The van der Waals surface area contributed by atoms with Crippen molar-refractivity contribution in [3.05, 3.63) is 0 Å². The first kappa shape index (κ1) is 19.2. The highest BCUT2D eigenvalue weighted by Gasteiger charge is 2.36. The Morgan fingerprint density at radius 1 is 1.36 bits per heavy atom. The molecule has 5 heteroatoms. The Bertz CT molecular complexity index is 328. The quantitative estimate of drug-likeness (QED) is 0.608. The third-order valence-electron chi connectivity index (χ3n) is 3.80. The van der Waals surface area contributed by atoms with Crippen LogP contribution in [-0.2, 0) is 9.47 Å². The molecule has 1 aliphatic carbocycles. The molecule has 1 rings (SSSR count). The highest BCUT2D eigenvalue weighted by atomic mass is 16.6. The number of nitrogens with one attached hydrogen (secondary N) is 2. The van der Waals surface area contributed by atoms with Gasteiger partial charge in [0, 0.05) is 25.7 Å². The van der Waals surface area contributed by atoms with E-state index in [-0.39, 0.29) is 6.09 Å². The minimum atomic E-state index is -0.440. The molecule has 5 nitrogen and oxygen atoms in total. The van der Waals surface area contributed by atoms with Crippen LogP contribution in [0.25, 0.3) is 0 Å². The highest BCUT2D eigenvalue weighted by molar-refractivity contribution is 5.67. The van der Waals surface area contributed by atoms with E-state index in [0.717, 1.165) is 25.4 Å². The number of ether oxygens (including phenoxy) is 2. The number of hydrogen-bond donors (Lipinski definition) is 2. The molecule has 1 aliphatic rings. The summed E-state index contributed by atoms with van der Waals surface area (Å²) in [6, 6.07) is 1.04. The predicted octanol–water partition coefficient (Wildman–Crippen LogP) is 3.08. The van der Waals surface area contributed by atoms with Gasteiger partial charge in [-0.15, -0.1) is 0 Å². The summed E-state index contributed by atoms with van der Waals surface area (Å²) in [5.41, 5.74) is -0.440. The fourth-order valence-corrected chi connectivity index (χ4v) is 2.71. The Kier molecular flexibility index (Phi) is 8.18. The van der Waals surface area contributed by atoms with E-state index >= 15 is 0 Å². The summed E-state index contributed by atoms with van der Waals surface area (Å²) < 4.78 is 10.5. The number of carbonyl (C=O) groups is 1. The summed E-state index contributed by atoms with van der Waals surface area (Å²) in [4.78, 5) is 11.6. The van der Waals surface area contributed by atoms with E-state index in [1.807, 2.05) is 20.8 Å². The predicted molar refractivity (Wildman–Crippen MR) is 89.1 cm³/mol. The molecule has 0 radical (unpaired) electrons. The van der Waals surface area contributed by atoms with Crippen molar-refractivity contribution in [1.82, 2.24) is 10.6 Å². The zero-order valence-corrected chi connectivity index (χ0v) is 14.9. The monoisotopic (exact) mass is 314 g/mol. The maximum Gasteiger partial charge on any atom is 0.407 e. The number of amides is 1. The Morgan fingerprint density at radius 3 is 2.68 bits per heavy atom. The van der Waals surface area contributed by atoms with Gasteiger partial charge in [-0.05, 0) is 52.4 Å². The Morgan fingerprint density at radius 2 is 2.09 bits per heavy atom. The van der Waals surface area contributed by atoms with Gasteiger partial charge < -0.3 is 20.1 Å². The van der Waals surface area contributed by atoms with Gasteiger partial charge in [0.05, 0.1) is 6.61 Å². The number of carbonyl (C=O) groups excluding carboxylic acids is 1. The Balaban J connectivity index is 2.15. The summed E-state index contributed by atoms with van der Waals surface area (Å²) in [6.45, 7) is 9.21. The SMILES string of the molecule is CCCC1CC1NC(CCCNC(=O)OC(C)(C)C)COC. The van der Waals surface area contributed by atoms with Gasteiger partial charge >= 0.3 is 6.09 Å². The number of alkyl carbamates (subject to hydrolysis) is 1. The molecule has 0 heterocycles. The molecule has 2 N–H and O–H groups in total. The highest BCUT2D eigenvalue weighted by Crippen LogP contribution is 2.35. The van der Waals surface area contributed by atoms with Crippen LogP contribution in [-0.4, -0.2) is 44.0 Å². The average molecular weight is 314 g/mol. The van der Waals surface area contributed by atoms with Gasteiger partial charge in [-0.1, -0.05) is 13.3 Å². The van der Waals surface area contributed by atoms with Crippen LogP contribution in [0, 0.1) is 5.92 Å². The van der Waals surface area contributed by atoms with Crippen molar-refractivity contribution < 1.29 is 14.3 Å². The second-order valence-electron chi connectivity index (χ2n) is 7.28. The summed E-state index contributed by atoms with van der Waals surface area (Å²) in [5, 5.41) is 6.49. The van der Waals surface area contributed by atoms with Gasteiger partial charge in [-0.3, -0.25) is 0 Å². The van der Waals surface area contributed by atoms with Crippen LogP contribution in [0.4, 0.5) is 4.79 Å². The minimum Gasteiger partial charge on any atom is -0.444 e. The maximum absolute atomic E-state index is 11.6. The second-order valence-corrected chi connectivity index (χ2v) is 7.28. The first-order valence-corrected chi connectivity index (χ1v) is 8.57. The lowest BCUT2D eigenvalue weighted by atomic mass is 10.1. The second kappa shape index (κ2) is 9.36. The molecule has 0 aromatic rings. The first-order chi connectivity index (χ1) is 10.4. The van der Waals surface area contributed by atoms with Crippen LogP contribution in [0.3, 0.4) is 0 Å². The molecule has 0 saturated heterocycles. The topological polar surface area (TPSA) is 59.6 Å². The molecule has 22 heavy (non-hydrogen) atoms. The molecular weight excluding hydrogens is 280 g/mol. The summed E-state index contributed by atoms with van der Waals surface area (Å²) in [7, 11) is 1.74. The van der Waals surface area contributed by atoms with Crippen molar-refractivity contribution in [2.75, 3.05) is 20.3 Å². The van der Waals surface area contributed by atoms with Crippen LogP contribution in [0.15, 0.2) is 0 Å². The fourth-order valence-electron chi connectivity index (χ4n) is 2.71. The molecular formula is C17H34N2O3. The zero-order valence-electron chi connectivity index (χ0n) is 14.9. The molecule has 3 atom stereocenters. The standard InChI is InChI=1S/C17H34N2O3/c1-6-8-13-11-15(13)19-14(12-21-5)9-7-10-18-16(20)22-17(2,3)4/h13-15,19H,6-12H2,1-5H3,(H,18,20). The van der Waals surface area contributed by atoms with Crippen LogP contribution in [0.5, 0.6) is 0 Å². The van der Waals surface area contributed by atoms with Crippen molar-refractivity contribution in [3.63, 3.8) is 0 Å². The van der Waals surface area contributed by atoms with E-state index in [4.69, 9.17) is 9.47 Å². The number of rotatable bonds is 10. The van der Waals surface area contributed by atoms with E-state index in [1.165, 1.54) is 19.3 Å². The fraction of sp³-hybridized carbons (Fsp3) is 0.941. The molecule has 0 spiro atoms. The summed E-state index contributed by atoms with van der Waals surface area (Å²) >= 11 is 0. The van der Waals surface area contributed by atoms with Crippen LogP contribution in [0.1, 0.15) is 59.8 Å². The van der Waals surface area contributed by atoms with Gasteiger partial charge in [0.1, 0.15) is 5.60 Å². The summed E-state index contributed by atoms with van der Waals surface area (Å²) in [5.74, 6) is 0.851. The average Bonchev–Trinajstić information content (AvgIpc) is 3.11. The molecule has 1 amide bonds. The lowest BCUT2D eigenvalue weighted by molar-refractivity contribution is 0.0526. The lowest BCUT2D eigenvalue weighted by Crippen LogP contribution is -2.37. The van der Waals surface area contributed by atoms with Crippen molar-refractivity contribution in [3.8, 4) is 0 Å². The van der Waals surface area contributed by atoms with E-state index in [2.05, 4.69) is 17.6 Å². The van der Waals surface area contributed by atoms with Gasteiger partial charge in [0.25, 0.3) is 0 Å². The third kappa shape index (κ3) is 8.59. The lowest BCUT2D eigenvalue weighted by Gasteiger charge is -2.20. The van der Waals surface area contributed by atoms with Gasteiger partial charge in [-0.25, -0.2) is 4.79 Å². The van der Waals surface area contributed by atoms with Crippen LogP contribution >= 0.6 is 0 Å². The van der Waals surface area contributed by atoms with E-state index in [0.29, 0.717) is 18.6 Å². The Labute approximate surface area is 135 Å². The molecule has 1 fully saturated rings. The smallest absolute Gasteiger partial charge is 0.407 e. The van der Waals surface area contributed by atoms with Gasteiger partial charge in [0.2, 0.25) is 0 Å². The molecule has 0 bridgehead atoms. The summed E-state index contributed by atoms with van der Waals surface area (Å²) in [6.07, 6.45) is 5.46. The molecule has 0 aliphatic heterocycles. The maximum atomic E-state index is 11.6.